The van der Waals surface area contributed by atoms with Crippen molar-refractivity contribution in [2.24, 2.45) is 5.92 Å². The van der Waals surface area contributed by atoms with Crippen molar-refractivity contribution in [3.63, 3.8) is 0 Å². The predicted octanol–water partition coefficient (Wildman–Crippen LogP) is 4.63. The number of hydrogen-bond donors (Lipinski definition) is 1. The molecule has 2 aromatic rings. The zero-order valence-corrected chi connectivity index (χ0v) is 18.6. The van der Waals surface area contributed by atoms with Gasteiger partial charge in [-0.25, -0.2) is 4.98 Å². The monoisotopic (exact) mass is 425 g/mol. The molecule has 4 rings (SSSR count). The maximum absolute atomic E-state index is 12.3. The van der Waals surface area contributed by atoms with E-state index in [1.807, 2.05) is 0 Å². The summed E-state index contributed by atoms with van der Waals surface area (Å²) in [5.74, 6) is 1.90. The van der Waals surface area contributed by atoms with Crippen molar-refractivity contribution in [2.45, 2.75) is 63.8 Å². The molecule has 0 spiro atoms. The molecule has 1 aliphatic carbocycles. The quantitative estimate of drug-likeness (QED) is 0.502. The molecule has 31 heavy (non-hydrogen) atoms. The fraction of sp³-hybridized carbons (Fsp3) is 0.600. The molecule has 2 fully saturated rings. The maximum Gasteiger partial charge on any atom is 0.273 e. The summed E-state index contributed by atoms with van der Waals surface area (Å²) < 4.78 is 10.9. The summed E-state index contributed by atoms with van der Waals surface area (Å²) in [4.78, 5) is 18.7. The minimum absolute atomic E-state index is 0.183. The van der Waals surface area contributed by atoms with Gasteiger partial charge in [0.15, 0.2) is 12.1 Å². The van der Waals surface area contributed by atoms with Crippen LogP contribution in [-0.2, 0) is 0 Å². The first-order valence-corrected chi connectivity index (χ1v) is 11.8. The van der Waals surface area contributed by atoms with Crippen LogP contribution in [0.4, 0.5) is 0 Å². The lowest BCUT2D eigenvalue weighted by Gasteiger charge is -2.21. The van der Waals surface area contributed by atoms with Crippen LogP contribution in [0.1, 0.15) is 73.8 Å². The van der Waals surface area contributed by atoms with Crippen LogP contribution in [-0.4, -0.2) is 48.1 Å². The van der Waals surface area contributed by atoms with Crippen molar-refractivity contribution in [3.05, 3.63) is 48.2 Å². The lowest BCUT2D eigenvalue weighted by atomic mass is 9.93. The first kappa shape index (κ1) is 21.9. The van der Waals surface area contributed by atoms with Crippen LogP contribution in [0.2, 0.25) is 0 Å². The van der Waals surface area contributed by atoms with Crippen molar-refractivity contribution < 1.29 is 13.9 Å². The Morgan fingerprint density at radius 1 is 1.29 bits per heavy atom. The van der Waals surface area contributed by atoms with Crippen LogP contribution in [0.25, 0.3) is 0 Å². The number of nitrogens with one attached hydrogen (secondary N) is 1. The summed E-state index contributed by atoms with van der Waals surface area (Å²) in [5, 5.41) is 3.02. The Labute approximate surface area is 185 Å². The number of ether oxygens (including phenoxy) is 1. The number of rotatable bonds is 12. The Morgan fingerprint density at radius 3 is 2.81 bits per heavy atom. The van der Waals surface area contributed by atoms with E-state index in [1.165, 1.54) is 56.9 Å². The predicted molar refractivity (Wildman–Crippen MR) is 120 cm³/mol. The smallest absolute Gasteiger partial charge is 0.273 e. The highest BCUT2D eigenvalue weighted by Crippen LogP contribution is 2.36. The van der Waals surface area contributed by atoms with E-state index in [4.69, 9.17) is 9.15 Å². The molecule has 6 nitrogen and oxygen atoms in total. The van der Waals surface area contributed by atoms with Gasteiger partial charge in [0.1, 0.15) is 12.0 Å². The van der Waals surface area contributed by atoms with E-state index >= 15 is 0 Å². The SMILES string of the molecule is CC1CCCN1CCCOc1ccc(C(CCC2CC2)CNC(=O)c2cocn2)cc1. The summed E-state index contributed by atoms with van der Waals surface area (Å²) in [6.07, 6.45) is 11.4. The molecule has 1 aromatic heterocycles. The second-order valence-electron chi connectivity index (χ2n) is 9.10. The number of aromatic nitrogens is 1. The van der Waals surface area contributed by atoms with Crippen LogP contribution >= 0.6 is 0 Å². The van der Waals surface area contributed by atoms with Gasteiger partial charge in [-0.2, -0.15) is 0 Å². The molecule has 2 unspecified atom stereocenters. The van der Waals surface area contributed by atoms with E-state index in [0.29, 0.717) is 18.2 Å². The fourth-order valence-electron chi connectivity index (χ4n) is 4.48. The number of nitrogens with zero attached hydrogens (tertiary/aromatic N) is 2. The molecule has 1 amide bonds. The number of carbonyl (C=O) groups is 1. The molecule has 0 radical (unpaired) electrons. The molecular weight excluding hydrogens is 390 g/mol. The Morgan fingerprint density at radius 2 is 2.13 bits per heavy atom. The summed E-state index contributed by atoms with van der Waals surface area (Å²) >= 11 is 0. The van der Waals surface area contributed by atoms with Gasteiger partial charge in [-0.3, -0.25) is 4.79 Å². The fourth-order valence-corrected chi connectivity index (χ4v) is 4.48. The minimum atomic E-state index is -0.183. The number of carbonyl (C=O) groups excluding carboxylic acids is 1. The Hall–Kier alpha value is -2.34. The van der Waals surface area contributed by atoms with Gasteiger partial charge < -0.3 is 19.4 Å². The number of amides is 1. The van der Waals surface area contributed by atoms with Gasteiger partial charge in [0.2, 0.25) is 0 Å². The summed E-state index contributed by atoms with van der Waals surface area (Å²) in [5.41, 5.74) is 1.58. The lowest BCUT2D eigenvalue weighted by molar-refractivity contribution is 0.0945. The zero-order chi connectivity index (χ0) is 21.5. The second kappa shape index (κ2) is 10.8. The number of oxazole rings is 1. The number of hydrogen-bond acceptors (Lipinski definition) is 5. The van der Waals surface area contributed by atoms with Gasteiger partial charge in [-0.05, 0) is 69.2 Å². The van der Waals surface area contributed by atoms with Gasteiger partial charge >= 0.3 is 0 Å². The molecule has 1 N–H and O–H groups in total. The molecule has 1 aliphatic heterocycles. The van der Waals surface area contributed by atoms with Crippen molar-refractivity contribution in [3.8, 4) is 5.75 Å². The second-order valence-corrected chi connectivity index (χ2v) is 9.10. The largest absolute Gasteiger partial charge is 0.494 e. The van der Waals surface area contributed by atoms with Crippen LogP contribution in [0.5, 0.6) is 5.75 Å². The summed E-state index contributed by atoms with van der Waals surface area (Å²) in [7, 11) is 0. The normalized spacial score (nSPS) is 20.0. The first-order valence-electron chi connectivity index (χ1n) is 11.8. The van der Waals surface area contributed by atoms with E-state index in [-0.39, 0.29) is 5.91 Å². The van der Waals surface area contributed by atoms with Gasteiger partial charge in [0.05, 0.1) is 6.61 Å². The molecular formula is C25H35N3O3. The molecule has 6 heteroatoms. The van der Waals surface area contributed by atoms with Crippen molar-refractivity contribution in [1.82, 2.24) is 15.2 Å². The summed E-state index contributed by atoms with van der Waals surface area (Å²) in [6.45, 7) is 6.02. The van der Waals surface area contributed by atoms with Gasteiger partial charge in [-0.1, -0.05) is 25.0 Å². The van der Waals surface area contributed by atoms with E-state index in [9.17, 15) is 4.79 Å². The molecule has 0 bridgehead atoms. The lowest BCUT2D eigenvalue weighted by Crippen LogP contribution is -2.29. The highest BCUT2D eigenvalue weighted by atomic mass is 16.5. The molecule has 1 saturated carbocycles. The van der Waals surface area contributed by atoms with E-state index in [1.54, 1.807) is 0 Å². The number of likely N-dealkylation sites (tertiary alicyclic amines) is 1. The summed E-state index contributed by atoms with van der Waals surface area (Å²) in [6, 6.07) is 9.15. The van der Waals surface area contributed by atoms with E-state index in [0.717, 1.165) is 43.7 Å². The standard InChI is InChI=1S/C25H35N3O3/c1-19-4-2-13-28(19)14-3-15-31-23-11-9-21(10-12-23)22(8-7-20-5-6-20)16-26-25(29)24-17-30-18-27-24/h9-12,17-20,22H,2-8,13-16H2,1H3,(H,26,29). The Kier molecular flexibility index (Phi) is 7.62. The van der Waals surface area contributed by atoms with Gasteiger partial charge in [0.25, 0.3) is 5.91 Å². The first-order chi connectivity index (χ1) is 15.2. The highest BCUT2D eigenvalue weighted by Gasteiger charge is 2.24. The van der Waals surface area contributed by atoms with Crippen molar-refractivity contribution >= 4 is 5.91 Å². The Bertz CT molecular complexity index is 802. The van der Waals surface area contributed by atoms with Crippen molar-refractivity contribution in [2.75, 3.05) is 26.2 Å². The molecule has 2 aliphatic rings. The van der Waals surface area contributed by atoms with Crippen molar-refractivity contribution in [1.29, 1.82) is 0 Å². The van der Waals surface area contributed by atoms with Crippen LogP contribution in [0.15, 0.2) is 41.3 Å². The molecule has 2 heterocycles. The third-order valence-electron chi connectivity index (χ3n) is 6.69. The Balaban J connectivity index is 1.26. The van der Waals surface area contributed by atoms with E-state index < -0.39 is 0 Å². The van der Waals surface area contributed by atoms with Crippen LogP contribution < -0.4 is 10.1 Å². The van der Waals surface area contributed by atoms with Gasteiger partial charge in [0, 0.05) is 25.0 Å². The zero-order valence-electron chi connectivity index (χ0n) is 18.6. The minimum Gasteiger partial charge on any atom is -0.494 e. The van der Waals surface area contributed by atoms with Crippen LogP contribution in [0, 0.1) is 5.92 Å². The highest BCUT2D eigenvalue weighted by molar-refractivity contribution is 5.91. The third kappa shape index (κ3) is 6.57. The van der Waals surface area contributed by atoms with Crippen LogP contribution in [0.3, 0.4) is 0 Å². The molecule has 1 saturated heterocycles. The average Bonchev–Trinajstić information content (AvgIpc) is 3.27. The average molecular weight is 426 g/mol. The molecule has 1 aromatic carbocycles. The topological polar surface area (TPSA) is 67.6 Å². The molecule has 2 atom stereocenters. The van der Waals surface area contributed by atoms with Gasteiger partial charge in [-0.15, -0.1) is 0 Å². The maximum atomic E-state index is 12.3. The third-order valence-corrected chi connectivity index (χ3v) is 6.69. The molecule has 168 valence electrons. The number of benzene rings is 1. The van der Waals surface area contributed by atoms with E-state index in [2.05, 4.69) is 46.4 Å².